The first kappa shape index (κ1) is 10.8. The van der Waals surface area contributed by atoms with E-state index in [0.717, 1.165) is 25.8 Å². The van der Waals surface area contributed by atoms with Crippen LogP contribution < -0.4 is 5.32 Å². The Labute approximate surface area is 88.5 Å². The normalized spacial score (nSPS) is 23.9. The van der Waals surface area contributed by atoms with Gasteiger partial charge in [-0.25, -0.2) is 0 Å². The largest absolute Gasteiger partial charge is 0.483 e. The van der Waals surface area contributed by atoms with Crippen molar-refractivity contribution in [3.8, 4) is 0 Å². The van der Waals surface area contributed by atoms with Crippen LogP contribution in [-0.4, -0.2) is 12.6 Å². The van der Waals surface area contributed by atoms with E-state index in [2.05, 4.69) is 24.4 Å². The monoisotopic (exact) mass is 212 g/mol. The molecule has 0 fully saturated rings. The van der Waals surface area contributed by atoms with Crippen LogP contribution in [0.25, 0.3) is 0 Å². The summed E-state index contributed by atoms with van der Waals surface area (Å²) in [5, 5.41) is 3.34. The average molecular weight is 212 g/mol. The molecule has 1 N–H and O–H groups in total. The van der Waals surface area contributed by atoms with Crippen LogP contribution in [-0.2, 0) is 32.7 Å². The molecule has 0 aliphatic carbocycles. The zero-order valence-electron chi connectivity index (χ0n) is 6.27. The summed E-state index contributed by atoms with van der Waals surface area (Å²) in [7, 11) is 0. The van der Waals surface area contributed by atoms with Crippen molar-refractivity contribution in [1.29, 1.82) is 0 Å². The van der Waals surface area contributed by atoms with E-state index in [-0.39, 0.29) is 32.7 Å². The summed E-state index contributed by atoms with van der Waals surface area (Å²) in [6, 6.07) is 0.483. The van der Waals surface area contributed by atoms with Crippen molar-refractivity contribution in [2.24, 2.45) is 0 Å². The average Bonchev–Trinajstić information content (AvgIpc) is 1.91. The molecule has 2 heteroatoms. The molecule has 0 bridgehead atoms. The zero-order valence-corrected chi connectivity index (χ0v) is 9.11. The Kier molecular flexibility index (Phi) is 7.03. The topological polar surface area (TPSA) is 12.0 Å². The first-order valence-corrected chi connectivity index (χ1v) is 3.54. The fourth-order valence-corrected chi connectivity index (χ4v) is 1.00. The second kappa shape index (κ2) is 6.51. The molecule has 1 unspecified atom stereocenters. The van der Waals surface area contributed by atoms with Gasteiger partial charge in [-0.2, -0.15) is 6.42 Å². The van der Waals surface area contributed by atoms with Gasteiger partial charge in [-0.1, -0.05) is 12.8 Å². The summed E-state index contributed by atoms with van der Waals surface area (Å²) in [6.45, 7) is 4.89. The molecule has 0 aromatic rings. The molecule has 10 heavy (non-hydrogen) atoms. The third-order valence-corrected chi connectivity index (χ3v) is 1.49. The smallest absolute Gasteiger partial charge is 0 e. The number of nitrogens with one attached hydrogen (secondary N) is 1. The minimum atomic E-state index is 0. The van der Waals surface area contributed by atoms with Crippen LogP contribution in [0, 0.1) is 13.0 Å². The predicted molar refractivity (Wildman–Crippen MR) is 38.8 cm³/mol. The minimum absolute atomic E-state index is 0. The summed E-state index contributed by atoms with van der Waals surface area (Å²) in [4.78, 5) is 0. The van der Waals surface area contributed by atoms with E-state index < -0.39 is 0 Å². The van der Waals surface area contributed by atoms with Gasteiger partial charge in [0.05, 0.1) is 0 Å². The van der Waals surface area contributed by atoms with Crippen LogP contribution >= 0.6 is 0 Å². The Morgan fingerprint density at radius 3 is 3.00 bits per heavy atom. The Balaban J connectivity index is 0.000000810. The molecule has 1 rings (SSSR count). The minimum Gasteiger partial charge on any atom is -0.483 e. The Hall–Kier alpha value is 0.804. The van der Waals surface area contributed by atoms with Crippen LogP contribution in [0.5, 0.6) is 0 Å². The molecule has 1 nitrogen and oxygen atoms in total. The van der Waals surface area contributed by atoms with E-state index in [4.69, 9.17) is 0 Å². The predicted octanol–water partition coefficient (Wildman–Crippen LogP) is 1.32. The van der Waals surface area contributed by atoms with Crippen molar-refractivity contribution < 1.29 is 32.7 Å². The number of hydrogen-bond acceptors (Lipinski definition) is 1. The van der Waals surface area contributed by atoms with Crippen LogP contribution in [0.2, 0.25) is 0 Å². The van der Waals surface area contributed by atoms with Gasteiger partial charge in [-0.05, 0) is 6.54 Å². The number of rotatable bonds is 2. The van der Waals surface area contributed by atoms with Gasteiger partial charge in [-0.15, -0.1) is 6.04 Å². The summed E-state index contributed by atoms with van der Waals surface area (Å²) < 4.78 is 0. The van der Waals surface area contributed by atoms with Gasteiger partial charge in [0.2, 0.25) is 0 Å². The quantitative estimate of drug-likeness (QED) is 0.680. The molecule has 1 radical (unpaired) electrons. The summed E-state index contributed by atoms with van der Waals surface area (Å²) in [5.41, 5.74) is 0. The van der Waals surface area contributed by atoms with Gasteiger partial charge in [0.1, 0.15) is 0 Å². The Bertz CT molecular complexity index is 101. The van der Waals surface area contributed by atoms with Gasteiger partial charge in [0, 0.05) is 32.7 Å². The SMILES string of the molecule is [CH2-]CCC1[C-]=CCCN1.[Y]. The molecule has 1 atom stereocenters. The molecular formula is C8H13NY-2. The molecule has 1 heterocycles. The van der Waals surface area contributed by atoms with Crippen LogP contribution in [0.4, 0.5) is 0 Å². The van der Waals surface area contributed by atoms with Crippen LogP contribution in [0.15, 0.2) is 6.08 Å². The van der Waals surface area contributed by atoms with Crippen LogP contribution in [0.3, 0.4) is 0 Å². The van der Waals surface area contributed by atoms with Crippen molar-refractivity contribution in [1.82, 2.24) is 5.32 Å². The molecular weight excluding hydrogens is 199 g/mol. The maximum Gasteiger partial charge on any atom is 0 e. The molecule has 0 saturated heterocycles. The van der Waals surface area contributed by atoms with E-state index in [1.807, 2.05) is 0 Å². The molecule has 55 valence electrons. The standard InChI is InChI=1S/C8H13N.Y/c1-2-5-8-6-3-4-7-9-8;/h3,8-9H,1-2,4-5,7H2;/q-2;. The molecule has 0 amide bonds. The maximum absolute atomic E-state index is 3.79. The van der Waals surface area contributed by atoms with Crippen molar-refractivity contribution in [2.75, 3.05) is 6.54 Å². The van der Waals surface area contributed by atoms with Gasteiger partial charge in [0.15, 0.2) is 0 Å². The van der Waals surface area contributed by atoms with E-state index >= 15 is 0 Å². The van der Waals surface area contributed by atoms with Gasteiger partial charge >= 0.3 is 0 Å². The van der Waals surface area contributed by atoms with E-state index in [1.54, 1.807) is 0 Å². The second-order valence-electron chi connectivity index (χ2n) is 2.31. The Morgan fingerprint density at radius 1 is 1.70 bits per heavy atom. The zero-order chi connectivity index (χ0) is 6.53. The number of hydrogen-bond donors (Lipinski definition) is 1. The van der Waals surface area contributed by atoms with E-state index in [1.165, 1.54) is 0 Å². The van der Waals surface area contributed by atoms with Crippen molar-refractivity contribution >= 4 is 0 Å². The van der Waals surface area contributed by atoms with E-state index in [9.17, 15) is 0 Å². The van der Waals surface area contributed by atoms with Gasteiger partial charge < -0.3 is 18.3 Å². The fourth-order valence-electron chi connectivity index (χ4n) is 1.00. The van der Waals surface area contributed by atoms with Crippen LogP contribution in [0.1, 0.15) is 19.3 Å². The van der Waals surface area contributed by atoms with Gasteiger partial charge in [-0.3, -0.25) is 6.08 Å². The third kappa shape index (κ3) is 3.85. The molecule has 0 saturated carbocycles. The van der Waals surface area contributed by atoms with Crippen molar-refractivity contribution in [3.05, 3.63) is 19.1 Å². The third-order valence-electron chi connectivity index (χ3n) is 1.49. The summed E-state index contributed by atoms with van der Waals surface area (Å²) in [6.07, 6.45) is 8.62. The Morgan fingerprint density at radius 2 is 2.50 bits per heavy atom. The maximum atomic E-state index is 3.79. The first-order chi connectivity index (χ1) is 4.43. The molecule has 0 aromatic carbocycles. The van der Waals surface area contributed by atoms with Crippen molar-refractivity contribution in [3.63, 3.8) is 0 Å². The van der Waals surface area contributed by atoms with Crippen molar-refractivity contribution in [2.45, 2.75) is 25.3 Å². The first-order valence-electron chi connectivity index (χ1n) is 3.54. The molecule has 0 spiro atoms. The second-order valence-corrected chi connectivity index (χ2v) is 2.31. The molecule has 0 aromatic heterocycles. The fraction of sp³-hybridized carbons (Fsp3) is 0.625. The summed E-state index contributed by atoms with van der Waals surface area (Å²) in [5.74, 6) is 0. The van der Waals surface area contributed by atoms with E-state index in [0.29, 0.717) is 6.04 Å². The van der Waals surface area contributed by atoms with Gasteiger partial charge in [0.25, 0.3) is 0 Å². The summed E-state index contributed by atoms with van der Waals surface area (Å²) >= 11 is 0. The molecule has 1 aliphatic rings. The molecule has 1 aliphatic heterocycles.